The van der Waals surface area contributed by atoms with Crippen molar-refractivity contribution < 1.29 is 4.79 Å². The largest absolute Gasteiger partial charge is 0.376 e. The van der Waals surface area contributed by atoms with Crippen LogP contribution in [0, 0.1) is 6.92 Å². The number of nitrogens with one attached hydrogen (secondary N) is 1. The maximum Gasteiger partial charge on any atom is 0.248 e. The quantitative estimate of drug-likeness (QED) is 0.845. The van der Waals surface area contributed by atoms with Gasteiger partial charge in [-0.15, -0.1) is 11.3 Å². The van der Waals surface area contributed by atoms with Gasteiger partial charge in [-0.2, -0.15) is 0 Å². The molecule has 0 fully saturated rings. The Hall–Kier alpha value is -1.78. The normalized spacial score (nSPS) is 10.9. The Morgan fingerprint density at radius 3 is 2.67 bits per heavy atom. The van der Waals surface area contributed by atoms with Crippen LogP contribution in [0.15, 0.2) is 36.4 Å². The molecule has 1 aromatic heterocycles. The van der Waals surface area contributed by atoms with Crippen molar-refractivity contribution >= 4 is 46.3 Å². The maximum absolute atomic E-state index is 12.0. The monoisotopic (exact) mass is 320 g/mol. The standard InChI is InChI=1S/C16H17ClN2OS/c1-11-4-6-13(21-11)7-9-16(20)18-14-10-12(17)5-8-15(14)19(2)3/h4-10H,1-3H3,(H,18,20)/b9-7+. The van der Waals surface area contributed by atoms with Gasteiger partial charge in [-0.1, -0.05) is 11.6 Å². The molecule has 110 valence electrons. The van der Waals surface area contributed by atoms with Crippen molar-refractivity contribution in [2.75, 3.05) is 24.3 Å². The molecule has 2 aromatic rings. The lowest BCUT2D eigenvalue weighted by atomic mass is 10.2. The number of benzene rings is 1. The molecular formula is C16H17ClN2OS. The van der Waals surface area contributed by atoms with Gasteiger partial charge in [0.05, 0.1) is 11.4 Å². The highest BCUT2D eigenvalue weighted by Crippen LogP contribution is 2.27. The smallest absolute Gasteiger partial charge is 0.248 e. The molecule has 21 heavy (non-hydrogen) atoms. The van der Waals surface area contributed by atoms with Crippen LogP contribution in [0.5, 0.6) is 0 Å². The summed E-state index contributed by atoms with van der Waals surface area (Å²) in [6, 6.07) is 9.46. The van der Waals surface area contributed by atoms with Crippen LogP contribution in [-0.2, 0) is 4.79 Å². The van der Waals surface area contributed by atoms with Crippen molar-refractivity contribution in [2.24, 2.45) is 0 Å². The summed E-state index contributed by atoms with van der Waals surface area (Å²) in [5, 5.41) is 3.45. The molecule has 1 amide bonds. The van der Waals surface area contributed by atoms with Gasteiger partial charge in [-0.3, -0.25) is 4.79 Å². The number of carbonyl (C=O) groups excluding carboxylic acids is 1. The molecule has 0 spiro atoms. The van der Waals surface area contributed by atoms with E-state index in [0.717, 1.165) is 10.6 Å². The summed E-state index contributed by atoms with van der Waals surface area (Å²) in [7, 11) is 3.84. The first-order chi connectivity index (χ1) is 9.95. The Bertz CT molecular complexity index is 677. The second-order valence-electron chi connectivity index (χ2n) is 4.83. The number of nitrogens with zero attached hydrogens (tertiary/aromatic N) is 1. The van der Waals surface area contributed by atoms with E-state index >= 15 is 0 Å². The fraction of sp³-hybridized carbons (Fsp3) is 0.188. The van der Waals surface area contributed by atoms with Gasteiger partial charge >= 0.3 is 0 Å². The van der Waals surface area contributed by atoms with E-state index in [0.29, 0.717) is 10.7 Å². The van der Waals surface area contributed by atoms with Crippen molar-refractivity contribution in [1.29, 1.82) is 0 Å². The molecule has 2 rings (SSSR count). The number of aryl methyl sites for hydroxylation is 1. The van der Waals surface area contributed by atoms with Crippen LogP contribution < -0.4 is 10.2 Å². The Labute approximate surface area is 133 Å². The third-order valence-electron chi connectivity index (χ3n) is 2.86. The number of hydrogen-bond donors (Lipinski definition) is 1. The Morgan fingerprint density at radius 2 is 2.05 bits per heavy atom. The minimum absolute atomic E-state index is 0.175. The lowest BCUT2D eigenvalue weighted by Gasteiger charge is -2.17. The van der Waals surface area contributed by atoms with E-state index in [1.165, 1.54) is 11.0 Å². The van der Waals surface area contributed by atoms with Crippen LogP contribution in [0.25, 0.3) is 6.08 Å². The van der Waals surface area contributed by atoms with E-state index in [1.807, 2.05) is 50.2 Å². The summed E-state index contributed by atoms with van der Waals surface area (Å²) in [5.74, 6) is -0.175. The fourth-order valence-electron chi connectivity index (χ4n) is 1.87. The van der Waals surface area contributed by atoms with E-state index in [1.54, 1.807) is 23.5 Å². The molecule has 0 saturated heterocycles. The van der Waals surface area contributed by atoms with Gasteiger partial charge in [0.15, 0.2) is 0 Å². The highest BCUT2D eigenvalue weighted by Gasteiger charge is 2.07. The lowest BCUT2D eigenvalue weighted by molar-refractivity contribution is -0.111. The summed E-state index contributed by atoms with van der Waals surface area (Å²) in [6.07, 6.45) is 3.35. The number of thiophene rings is 1. The minimum Gasteiger partial charge on any atom is -0.376 e. The van der Waals surface area contributed by atoms with Crippen LogP contribution in [0.2, 0.25) is 5.02 Å². The molecule has 3 nitrogen and oxygen atoms in total. The second-order valence-corrected chi connectivity index (χ2v) is 6.58. The first-order valence-electron chi connectivity index (χ1n) is 6.48. The summed E-state index contributed by atoms with van der Waals surface area (Å²) >= 11 is 7.64. The SMILES string of the molecule is Cc1ccc(/C=C/C(=O)Nc2cc(Cl)ccc2N(C)C)s1. The predicted octanol–water partition coefficient (Wildman–Crippen LogP) is 4.43. The van der Waals surface area contributed by atoms with E-state index in [-0.39, 0.29) is 5.91 Å². The topological polar surface area (TPSA) is 32.3 Å². The molecular weight excluding hydrogens is 304 g/mol. The van der Waals surface area contributed by atoms with E-state index < -0.39 is 0 Å². The number of rotatable bonds is 4. The number of anilines is 2. The minimum atomic E-state index is -0.175. The number of carbonyl (C=O) groups is 1. The lowest BCUT2D eigenvalue weighted by Crippen LogP contribution is -2.15. The molecule has 0 unspecified atom stereocenters. The van der Waals surface area contributed by atoms with Crippen molar-refractivity contribution in [3.8, 4) is 0 Å². The van der Waals surface area contributed by atoms with Gasteiger partial charge < -0.3 is 10.2 Å². The van der Waals surface area contributed by atoms with Crippen LogP contribution >= 0.6 is 22.9 Å². The zero-order chi connectivity index (χ0) is 15.4. The molecule has 0 aliphatic carbocycles. The van der Waals surface area contributed by atoms with Crippen molar-refractivity contribution in [1.82, 2.24) is 0 Å². The van der Waals surface area contributed by atoms with Crippen LogP contribution in [0.4, 0.5) is 11.4 Å². The highest BCUT2D eigenvalue weighted by atomic mass is 35.5. The van der Waals surface area contributed by atoms with Crippen LogP contribution in [0.1, 0.15) is 9.75 Å². The van der Waals surface area contributed by atoms with Gasteiger partial charge in [-0.05, 0) is 43.3 Å². The van der Waals surface area contributed by atoms with Gasteiger partial charge in [0.1, 0.15) is 0 Å². The zero-order valence-corrected chi connectivity index (χ0v) is 13.8. The molecule has 0 bridgehead atoms. The van der Waals surface area contributed by atoms with Gasteiger partial charge in [-0.25, -0.2) is 0 Å². The Kier molecular flexibility index (Phi) is 5.04. The Morgan fingerprint density at radius 1 is 1.29 bits per heavy atom. The van der Waals surface area contributed by atoms with Crippen molar-refractivity contribution in [2.45, 2.75) is 6.92 Å². The predicted molar refractivity (Wildman–Crippen MR) is 92.5 cm³/mol. The summed E-state index contributed by atoms with van der Waals surface area (Å²) < 4.78 is 0. The highest BCUT2D eigenvalue weighted by molar-refractivity contribution is 7.12. The first-order valence-corrected chi connectivity index (χ1v) is 7.67. The first kappa shape index (κ1) is 15.6. The van der Waals surface area contributed by atoms with Gasteiger partial charge in [0.25, 0.3) is 0 Å². The number of hydrogen-bond acceptors (Lipinski definition) is 3. The average Bonchev–Trinajstić information content (AvgIpc) is 2.82. The number of amides is 1. The molecule has 0 saturated carbocycles. The fourth-order valence-corrected chi connectivity index (χ4v) is 2.83. The average molecular weight is 321 g/mol. The molecule has 1 N–H and O–H groups in total. The third kappa shape index (κ3) is 4.34. The molecule has 0 aliphatic rings. The number of halogens is 1. The summed E-state index contributed by atoms with van der Waals surface area (Å²) in [6.45, 7) is 2.04. The molecule has 1 aromatic carbocycles. The van der Waals surface area contributed by atoms with Crippen molar-refractivity contribution in [3.63, 3.8) is 0 Å². The molecule has 5 heteroatoms. The van der Waals surface area contributed by atoms with E-state index in [4.69, 9.17) is 11.6 Å². The van der Waals surface area contributed by atoms with Gasteiger partial charge in [0, 0.05) is 34.9 Å². The van der Waals surface area contributed by atoms with Crippen LogP contribution in [0.3, 0.4) is 0 Å². The molecule has 0 atom stereocenters. The molecule has 0 aliphatic heterocycles. The summed E-state index contributed by atoms with van der Waals surface area (Å²) in [4.78, 5) is 16.2. The van der Waals surface area contributed by atoms with Crippen molar-refractivity contribution in [3.05, 3.63) is 51.2 Å². The van der Waals surface area contributed by atoms with Gasteiger partial charge in [0.2, 0.25) is 5.91 Å². The van der Waals surface area contributed by atoms with E-state index in [9.17, 15) is 4.79 Å². The maximum atomic E-state index is 12.0. The summed E-state index contributed by atoms with van der Waals surface area (Å²) in [5.41, 5.74) is 1.61. The zero-order valence-electron chi connectivity index (χ0n) is 12.2. The second kappa shape index (κ2) is 6.78. The van der Waals surface area contributed by atoms with Crippen LogP contribution in [-0.4, -0.2) is 20.0 Å². The molecule has 0 radical (unpaired) electrons. The van der Waals surface area contributed by atoms with E-state index in [2.05, 4.69) is 5.32 Å². The Balaban J connectivity index is 2.12. The molecule has 1 heterocycles. The third-order valence-corrected chi connectivity index (χ3v) is 4.06.